The van der Waals surface area contributed by atoms with E-state index in [2.05, 4.69) is 5.32 Å². The number of thioether (sulfide) groups is 1. The lowest BCUT2D eigenvalue weighted by molar-refractivity contribution is -0.124. The molecule has 2 aliphatic heterocycles. The number of hydrogen-bond acceptors (Lipinski definition) is 4. The highest BCUT2D eigenvalue weighted by Crippen LogP contribution is 2.55. The molecule has 1 N–H and O–H groups in total. The van der Waals surface area contributed by atoms with E-state index in [1.807, 2.05) is 6.92 Å². The summed E-state index contributed by atoms with van der Waals surface area (Å²) in [7, 11) is 0. The number of nitrogens with zero attached hydrogens (tertiary/aromatic N) is 2. The standard InChI is InChI=1S/C25H19F2N3O3S/c1-15-9-10-21-18(11-15)25(30(23(32)14-34-25)17-6-4-5-16(26)12-17)24(33)29(21)13-22(31)28-20-8-3-2-7-19(20)27/h2-12H,13-14H2,1H3,(H,28,31). The number of hydrogen-bond donors (Lipinski definition) is 1. The maximum Gasteiger partial charge on any atom is 0.269 e. The van der Waals surface area contributed by atoms with E-state index in [1.54, 1.807) is 30.3 Å². The van der Waals surface area contributed by atoms with Crippen molar-refractivity contribution >= 4 is 46.5 Å². The Morgan fingerprint density at radius 3 is 2.62 bits per heavy atom. The van der Waals surface area contributed by atoms with Crippen molar-refractivity contribution in [2.75, 3.05) is 27.4 Å². The second kappa shape index (κ2) is 8.25. The van der Waals surface area contributed by atoms with Crippen LogP contribution in [0.25, 0.3) is 0 Å². The molecule has 172 valence electrons. The Kier molecular flexibility index (Phi) is 5.36. The third-order valence-electron chi connectivity index (χ3n) is 5.83. The van der Waals surface area contributed by atoms with Crippen molar-refractivity contribution < 1.29 is 23.2 Å². The molecule has 1 atom stereocenters. The Balaban J connectivity index is 1.56. The first-order chi connectivity index (χ1) is 16.3. The summed E-state index contributed by atoms with van der Waals surface area (Å²) in [6, 6.07) is 16.6. The Hall–Kier alpha value is -3.72. The molecule has 1 spiro atoms. The largest absolute Gasteiger partial charge is 0.322 e. The third kappa shape index (κ3) is 3.43. The Morgan fingerprint density at radius 2 is 1.85 bits per heavy atom. The summed E-state index contributed by atoms with van der Waals surface area (Å²) in [5.41, 5.74) is 2.15. The van der Waals surface area contributed by atoms with Gasteiger partial charge in [0.1, 0.15) is 18.2 Å². The van der Waals surface area contributed by atoms with Crippen LogP contribution in [0.4, 0.5) is 25.8 Å². The molecular formula is C25H19F2N3O3S. The van der Waals surface area contributed by atoms with Crippen molar-refractivity contribution in [1.29, 1.82) is 0 Å². The smallest absolute Gasteiger partial charge is 0.269 e. The van der Waals surface area contributed by atoms with Gasteiger partial charge in [-0.05, 0) is 43.3 Å². The van der Waals surface area contributed by atoms with Crippen LogP contribution in [0.15, 0.2) is 66.7 Å². The van der Waals surface area contributed by atoms with Gasteiger partial charge in [-0.3, -0.25) is 24.2 Å². The van der Waals surface area contributed by atoms with Crippen molar-refractivity contribution in [1.82, 2.24) is 0 Å². The topological polar surface area (TPSA) is 69.7 Å². The van der Waals surface area contributed by atoms with E-state index < -0.39 is 28.3 Å². The molecule has 3 aromatic rings. The van der Waals surface area contributed by atoms with E-state index in [0.717, 1.165) is 17.3 Å². The number of carbonyl (C=O) groups is 3. The number of para-hydroxylation sites is 1. The summed E-state index contributed by atoms with van der Waals surface area (Å²) in [4.78, 5) is 40.9. The summed E-state index contributed by atoms with van der Waals surface area (Å²) < 4.78 is 28.1. The number of nitrogens with one attached hydrogen (secondary N) is 1. The van der Waals surface area contributed by atoms with Crippen molar-refractivity contribution in [2.45, 2.75) is 11.8 Å². The minimum Gasteiger partial charge on any atom is -0.322 e. The predicted octanol–water partition coefficient (Wildman–Crippen LogP) is 4.19. The zero-order chi connectivity index (χ0) is 24.0. The number of rotatable bonds is 4. The molecule has 2 heterocycles. The number of anilines is 3. The molecule has 0 radical (unpaired) electrons. The molecular weight excluding hydrogens is 460 g/mol. The molecule has 9 heteroatoms. The maximum atomic E-state index is 14.0. The van der Waals surface area contributed by atoms with Gasteiger partial charge in [-0.1, -0.05) is 35.9 Å². The van der Waals surface area contributed by atoms with Crippen LogP contribution in [0, 0.1) is 18.6 Å². The number of fused-ring (bicyclic) bond motifs is 2. The second-order valence-corrected chi connectivity index (χ2v) is 9.25. The van der Waals surface area contributed by atoms with Gasteiger partial charge in [0, 0.05) is 11.3 Å². The van der Waals surface area contributed by atoms with Crippen molar-refractivity contribution in [2.24, 2.45) is 0 Å². The van der Waals surface area contributed by atoms with Crippen molar-refractivity contribution in [3.8, 4) is 0 Å². The van der Waals surface area contributed by atoms with E-state index in [0.29, 0.717) is 11.3 Å². The first kappa shape index (κ1) is 22.1. The summed E-state index contributed by atoms with van der Waals surface area (Å²) in [5.74, 6) is -2.52. The molecule has 3 aromatic carbocycles. The van der Waals surface area contributed by atoms with Gasteiger partial charge in [0.2, 0.25) is 16.7 Å². The number of halogens is 2. The van der Waals surface area contributed by atoms with Crippen LogP contribution in [-0.2, 0) is 19.3 Å². The van der Waals surface area contributed by atoms with Crippen LogP contribution < -0.4 is 15.1 Å². The van der Waals surface area contributed by atoms with Crippen LogP contribution in [0.2, 0.25) is 0 Å². The molecule has 1 unspecified atom stereocenters. The predicted molar refractivity (Wildman–Crippen MR) is 127 cm³/mol. The molecule has 2 aliphatic rings. The van der Waals surface area contributed by atoms with Crippen LogP contribution in [0.5, 0.6) is 0 Å². The fraction of sp³-hybridized carbons (Fsp3) is 0.160. The fourth-order valence-electron chi connectivity index (χ4n) is 4.38. The van der Waals surface area contributed by atoms with Crippen LogP contribution >= 0.6 is 11.8 Å². The first-order valence-corrected chi connectivity index (χ1v) is 11.5. The number of amides is 3. The maximum absolute atomic E-state index is 14.0. The molecule has 0 saturated carbocycles. The minimum atomic E-state index is -1.47. The average Bonchev–Trinajstić information content (AvgIpc) is 3.26. The van der Waals surface area contributed by atoms with Gasteiger partial charge < -0.3 is 5.32 Å². The lowest BCUT2D eigenvalue weighted by atomic mass is 10.0. The lowest BCUT2D eigenvalue weighted by Crippen LogP contribution is -2.51. The van der Waals surface area contributed by atoms with Gasteiger partial charge >= 0.3 is 0 Å². The highest BCUT2D eigenvalue weighted by molar-refractivity contribution is 8.02. The van der Waals surface area contributed by atoms with Crippen LogP contribution in [-0.4, -0.2) is 30.0 Å². The van der Waals surface area contributed by atoms with Gasteiger partial charge in [0.25, 0.3) is 5.91 Å². The fourth-order valence-corrected chi connectivity index (χ4v) is 5.74. The summed E-state index contributed by atoms with van der Waals surface area (Å²) in [5, 5.41) is 2.49. The van der Waals surface area contributed by atoms with Gasteiger partial charge in [-0.25, -0.2) is 8.78 Å². The Labute approximate surface area is 198 Å². The van der Waals surface area contributed by atoms with Gasteiger partial charge in [0.15, 0.2) is 0 Å². The van der Waals surface area contributed by atoms with Crippen LogP contribution in [0.1, 0.15) is 11.1 Å². The first-order valence-electron chi connectivity index (χ1n) is 10.5. The highest BCUT2D eigenvalue weighted by atomic mass is 32.2. The van der Waals surface area contributed by atoms with Crippen LogP contribution in [0.3, 0.4) is 0 Å². The number of carbonyl (C=O) groups excluding carboxylic acids is 3. The molecule has 5 rings (SSSR count). The van der Waals surface area contributed by atoms with Gasteiger partial charge in [0.05, 0.1) is 17.1 Å². The average molecular weight is 480 g/mol. The minimum absolute atomic E-state index is 0.00444. The van der Waals surface area contributed by atoms with E-state index in [-0.39, 0.29) is 29.6 Å². The monoisotopic (exact) mass is 479 g/mol. The van der Waals surface area contributed by atoms with Crippen molar-refractivity contribution in [3.05, 3.63) is 89.5 Å². The highest BCUT2D eigenvalue weighted by Gasteiger charge is 2.61. The normalized spacial score (nSPS) is 19.1. The summed E-state index contributed by atoms with van der Waals surface area (Å²) in [6.07, 6.45) is 0. The molecule has 0 bridgehead atoms. The van der Waals surface area contributed by atoms with E-state index >= 15 is 0 Å². The van der Waals surface area contributed by atoms with E-state index in [1.165, 1.54) is 46.2 Å². The Morgan fingerprint density at radius 1 is 1.06 bits per heavy atom. The summed E-state index contributed by atoms with van der Waals surface area (Å²) >= 11 is 1.14. The SMILES string of the molecule is Cc1ccc2c(c1)C1(SCC(=O)N1c1cccc(F)c1)C(=O)N2CC(=O)Nc1ccccc1F. The zero-order valence-electron chi connectivity index (χ0n) is 18.0. The third-order valence-corrected chi connectivity index (χ3v) is 7.21. The molecule has 1 saturated heterocycles. The molecule has 6 nitrogen and oxygen atoms in total. The van der Waals surface area contributed by atoms with E-state index in [9.17, 15) is 23.2 Å². The number of benzene rings is 3. The molecule has 3 amide bonds. The molecule has 34 heavy (non-hydrogen) atoms. The van der Waals surface area contributed by atoms with Gasteiger partial charge in [-0.2, -0.15) is 0 Å². The van der Waals surface area contributed by atoms with E-state index in [4.69, 9.17) is 0 Å². The van der Waals surface area contributed by atoms with Gasteiger partial charge in [-0.15, -0.1) is 11.8 Å². The zero-order valence-corrected chi connectivity index (χ0v) is 18.9. The second-order valence-electron chi connectivity index (χ2n) is 8.08. The molecule has 1 fully saturated rings. The quantitative estimate of drug-likeness (QED) is 0.609. The molecule has 0 aliphatic carbocycles. The Bertz CT molecular complexity index is 1350. The van der Waals surface area contributed by atoms with Crippen molar-refractivity contribution in [3.63, 3.8) is 0 Å². The summed E-state index contributed by atoms with van der Waals surface area (Å²) in [6.45, 7) is 1.48. The lowest BCUT2D eigenvalue weighted by Gasteiger charge is -2.33. The number of aryl methyl sites for hydroxylation is 1. The molecule has 0 aromatic heterocycles.